The number of likely N-dealkylation sites (tertiary alicyclic amines) is 1. The third kappa shape index (κ3) is 3.80. The second-order valence-electron chi connectivity index (χ2n) is 7.41. The summed E-state index contributed by atoms with van der Waals surface area (Å²) in [6, 6.07) is 0. The van der Waals surface area contributed by atoms with E-state index in [0.717, 1.165) is 43.7 Å². The Hall–Kier alpha value is -2.48. The normalized spacial score (nSPS) is 18.3. The number of rotatable bonds is 6. The van der Waals surface area contributed by atoms with E-state index >= 15 is 0 Å². The van der Waals surface area contributed by atoms with E-state index in [1.807, 2.05) is 30.2 Å². The van der Waals surface area contributed by atoms with E-state index in [0.29, 0.717) is 12.5 Å². The molecule has 0 unspecified atom stereocenters. The van der Waals surface area contributed by atoms with Gasteiger partial charge in [0.2, 0.25) is 0 Å². The van der Waals surface area contributed by atoms with E-state index in [9.17, 15) is 0 Å². The molecule has 1 aliphatic heterocycles. The molecule has 1 aliphatic rings. The zero-order valence-corrected chi connectivity index (χ0v) is 16.4. The number of aromatic nitrogens is 7. The fraction of sp³-hybridized carbons (Fsp3) is 0.579. The van der Waals surface area contributed by atoms with Crippen molar-refractivity contribution < 1.29 is 0 Å². The third-order valence-electron chi connectivity index (χ3n) is 5.52. The highest BCUT2D eigenvalue weighted by Crippen LogP contribution is 2.26. The van der Waals surface area contributed by atoms with Crippen molar-refractivity contribution in [3.63, 3.8) is 0 Å². The van der Waals surface area contributed by atoms with Crippen molar-refractivity contribution >= 4 is 0 Å². The van der Waals surface area contributed by atoms with Crippen molar-refractivity contribution in [1.29, 1.82) is 0 Å². The maximum atomic E-state index is 4.54. The lowest BCUT2D eigenvalue weighted by Crippen LogP contribution is -2.34. The molecule has 0 N–H and O–H groups in total. The fourth-order valence-electron chi connectivity index (χ4n) is 3.92. The lowest BCUT2D eigenvalue weighted by atomic mass is 9.97. The molecular formula is C19H28N8. The Balaban J connectivity index is 1.44. The second-order valence-corrected chi connectivity index (χ2v) is 7.41. The van der Waals surface area contributed by atoms with E-state index < -0.39 is 0 Å². The molecule has 0 saturated carbocycles. The molecule has 4 rings (SSSR count). The van der Waals surface area contributed by atoms with Crippen molar-refractivity contribution in [2.45, 2.75) is 52.2 Å². The summed E-state index contributed by atoms with van der Waals surface area (Å²) in [6.45, 7) is 8.86. The Kier molecular flexibility index (Phi) is 5.07. The van der Waals surface area contributed by atoms with E-state index in [2.05, 4.69) is 54.5 Å². The topological polar surface area (TPSA) is 69.6 Å². The summed E-state index contributed by atoms with van der Waals surface area (Å²) in [5.74, 6) is 3.50. The SMILES string of the molecule is CCn1cc(CN2CCC[C@@H](c3nnc(Cn4ccnc4C)n3C)C2)cn1. The van der Waals surface area contributed by atoms with Gasteiger partial charge in [0.15, 0.2) is 5.82 Å². The van der Waals surface area contributed by atoms with Crippen LogP contribution in [-0.4, -0.2) is 52.1 Å². The van der Waals surface area contributed by atoms with Crippen LogP contribution in [0.2, 0.25) is 0 Å². The lowest BCUT2D eigenvalue weighted by molar-refractivity contribution is 0.195. The van der Waals surface area contributed by atoms with Gasteiger partial charge in [0.05, 0.1) is 12.7 Å². The first-order valence-corrected chi connectivity index (χ1v) is 9.73. The van der Waals surface area contributed by atoms with Crippen LogP contribution in [0.3, 0.4) is 0 Å². The highest BCUT2D eigenvalue weighted by Gasteiger charge is 2.26. The first-order valence-electron chi connectivity index (χ1n) is 9.73. The number of imidazole rings is 1. The van der Waals surface area contributed by atoms with E-state index in [4.69, 9.17) is 0 Å². The molecule has 1 saturated heterocycles. The monoisotopic (exact) mass is 368 g/mol. The van der Waals surface area contributed by atoms with Gasteiger partial charge in [-0.1, -0.05) is 0 Å². The summed E-state index contributed by atoms with van der Waals surface area (Å²) in [5.41, 5.74) is 1.28. The summed E-state index contributed by atoms with van der Waals surface area (Å²) in [6.07, 6.45) is 10.3. The van der Waals surface area contributed by atoms with Gasteiger partial charge in [-0.3, -0.25) is 9.58 Å². The Labute approximate surface area is 159 Å². The summed E-state index contributed by atoms with van der Waals surface area (Å²) >= 11 is 0. The Morgan fingerprint density at radius 2 is 2.11 bits per heavy atom. The molecule has 0 aromatic carbocycles. The predicted molar refractivity (Wildman–Crippen MR) is 102 cm³/mol. The highest BCUT2D eigenvalue weighted by molar-refractivity contribution is 5.08. The zero-order valence-electron chi connectivity index (χ0n) is 16.4. The van der Waals surface area contributed by atoms with Gasteiger partial charge in [0, 0.05) is 56.8 Å². The van der Waals surface area contributed by atoms with Crippen molar-refractivity contribution in [2.24, 2.45) is 7.05 Å². The number of hydrogen-bond acceptors (Lipinski definition) is 5. The fourth-order valence-corrected chi connectivity index (χ4v) is 3.92. The molecule has 3 aromatic rings. The van der Waals surface area contributed by atoms with Crippen LogP contribution >= 0.6 is 0 Å². The third-order valence-corrected chi connectivity index (χ3v) is 5.52. The van der Waals surface area contributed by atoms with Gasteiger partial charge in [0.25, 0.3) is 0 Å². The van der Waals surface area contributed by atoms with Crippen LogP contribution in [0.25, 0.3) is 0 Å². The lowest BCUT2D eigenvalue weighted by Gasteiger charge is -2.31. The molecule has 0 spiro atoms. The number of aryl methyl sites for hydroxylation is 2. The van der Waals surface area contributed by atoms with E-state index in [-0.39, 0.29) is 0 Å². The molecule has 1 fully saturated rings. The molecule has 4 heterocycles. The van der Waals surface area contributed by atoms with Crippen molar-refractivity contribution in [3.8, 4) is 0 Å². The standard InChI is InChI=1S/C19H28N8/c1-4-27-12-16(10-21-27)11-25-8-5-6-17(13-25)19-23-22-18(24(19)3)14-26-9-7-20-15(26)2/h7,9-10,12,17H,4-6,8,11,13-14H2,1-3H3/t17-/m1/s1. The number of hydrogen-bond donors (Lipinski definition) is 0. The maximum Gasteiger partial charge on any atom is 0.152 e. The Bertz CT molecular complexity index is 889. The minimum atomic E-state index is 0.426. The molecule has 0 amide bonds. The molecular weight excluding hydrogens is 340 g/mol. The number of piperidine rings is 1. The van der Waals surface area contributed by atoms with Crippen molar-refractivity contribution in [2.75, 3.05) is 13.1 Å². The molecule has 27 heavy (non-hydrogen) atoms. The van der Waals surface area contributed by atoms with E-state index in [1.165, 1.54) is 18.4 Å². The summed E-state index contributed by atoms with van der Waals surface area (Å²) < 4.78 is 6.26. The Morgan fingerprint density at radius 1 is 1.22 bits per heavy atom. The first kappa shape index (κ1) is 17.9. The molecule has 3 aromatic heterocycles. The van der Waals surface area contributed by atoms with Gasteiger partial charge in [-0.15, -0.1) is 10.2 Å². The van der Waals surface area contributed by atoms with Crippen LogP contribution < -0.4 is 0 Å². The number of nitrogens with zero attached hydrogens (tertiary/aromatic N) is 8. The summed E-state index contributed by atoms with van der Waals surface area (Å²) in [5, 5.41) is 13.4. The molecule has 8 nitrogen and oxygen atoms in total. The van der Waals surface area contributed by atoms with Gasteiger partial charge < -0.3 is 9.13 Å². The molecule has 0 bridgehead atoms. The average Bonchev–Trinajstić information content (AvgIpc) is 3.38. The second kappa shape index (κ2) is 7.64. The van der Waals surface area contributed by atoms with Crippen LogP contribution in [0.5, 0.6) is 0 Å². The molecule has 0 aliphatic carbocycles. The van der Waals surface area contributed by atoms with Gasteiger partial charge in [-0.05, 0) is 33.2 Å². The average molecular weight is 368 g/mol. The van der Waals surface area contributed by atoms with Gasteiger partial charge in [-0.25, -0.2) is 4.98 Å². The van der Waals surface area contributed by atoms with Gasteiger partial charge >= 0.3 is 0 Å². The zero-order chi connectivity index (χ0) is 18.8. The van der Waals surface area contributed by atoms with Crippen molar-refractivity contribution in [3.05, 3.63) is 47.8 Å². The van der Waals surface area contributed by atoms with Crippen LogP contribution in [0.4, 0.5) is 0 Å². The minimum absolute atomic E-state index is 0.426. The quantitative estimate of drug-likeness (QED) is 0.665. The first-order chi connectivity index (χ1) is 13.1. The predicted octanol–water partition coefficient (Wildman–Crippen LogP) is 1.96. The Morgan fingerprint density at radius 3 is 2.85 bits per heavy atom. The summed E-state index contributed by atoms with van der Waals surface area (Å²) in [7, 11) is 2.08. The van der Waals surface area contributed by atoms with Crippen LogP contribution in [0.15, 0.2) is 24.8 Å². The van der Waals surface area contributed by atoms with Crippen molar-refractivity contribution in [1.82, 2.24) is 39.0 Å². The maximum absolute atomic E-state index is 4.54. The van der Waals surface area contributed by atoms with Crippen LogP contribution in [0, 0.1) is 6.92 Å². The van der Waals surface area contributed by atoms with Crippen LogP contribution in [0.1, 0.15) is 48.7 Å². The highest BCUT2D eigenvalue weighted by atomic mass is 15.3. The molecule has 1 atom stereocenters. The smallest absolute Gasteiger partial charge is 0.152 e. The van der Waals surface area contributed by atoms with E-state index in [1.54, 1.807) is 0 Å². The summed E-state index contributed by atoms with van der Waals surface area (Å²) in [4.78, 5) is 6.80. The van der Waals surface area contributed by atoms with Gasteiger partial charge in [-0.2, -0.15) is 5.10 Å². The molecule has 0 radical (unpaired) electrons. The molecule has 144 valence electrons. The molecule has 8 heteroatoms. The van der Waals surface area contributed by atoms with Crippen LogP contribution in [-0.2, 0) is 26.7 Å². The van der Waals surface area contributed by atoms with Gasteiger partial charge in [0.1, 0.15) is 11.6 Å². The minimum Gasteiger partial charge on any atom is -0.328 e. The largest absolute Gasteiger partial charge is 0.328 e.